The molecule has 0 bridgehead atoms. The van der Waals surface area contributed by atoms with Crippen LogP contribution in [0.2, 0.25) is 0 Å². The Morgan fingerprint density at radius 2 is 1.90 bits per heavy atom. The molecule has 0 spiro atoms. The van der Waals surface area contributed by atoms with Gasteiger partial charge in [0, 0.05) is 31.1 Å². The molecule has 1 amide bonds. The lowest BCUT2D eigenvalue weighted by Crippen LogP contribution is -2.46. The Kier molecular flexibility index (Phi) is 5.30. The second-order valence-electron chi connectivity index (χ2n) is 6.74. The summed E-state index contributed by atoms with van der Waals surface area (Å²) in [7, 11) is 0. The average molecular weight is 398 g/mol. The summed E-state index contributed by atoms with van der Waals surface area (Å²) < 4.78 is 20.0. The highest BCUT2D eigenvalue weighted by Gasteiger charge is 2.32. The first-order valence-corrected chi connectivity index (χ1v) is 9.19. The number of carbonyl (C=O) groups is 1. The molecular weight excluding hydrogens is 379 g/mol. The zero-order valence-corrected chi connectivity index (χ0v) is 15.6. The maximum Gasteiger partial charge on any atom is 0.414 e. The van der Waals surface area contributed by atoms with Gasteiger partial charge in [-0.3, -0.25) is 4.90 Å². The van der Waals surface area contributed by atoms with E-state index in [4.69, 9.17) is 10.3 Å². The van der Waals surface area contributed by atoms with Crippen LogP contribution < -0.4 is 14.7 Å². The van der Waals surface area contributed by atoms with E-state index in [1.807, 2.05) is 4.90 Å². The van der Waals surface area contributed by atoms with Gasteiger partial charge in [0.15, 0.2) is 0 Å². The highest BCUT2D eigenvalue weighted by atomic mass is 19.1. The molecule has 150 valence electrons. The number of hydrogen-bond acceptors (Lipinski definition) is 7. The number of hydrogen-bond donors (Lipinski definition) is 0. The van der Waals surface area contributed by atoms with Crippen LogP contribution in [0.1, 0.15) is 0 Å². The molecule has 3 heterocycles. The number of amides is 1. The van der Waals surface area contributed by atoms with Crippen molar-refractivity contribution in [3.05, 3.63) is 53.2 Å². The molecule has 29 heavy (non-hydrogen) atoms. The van der Waals surface area contributed by atoms with Crippen molar-refractivity contribution in [2.24, 2.45) is 5.11 Å². The molecule has 2 fully saturated rings. The van der Waals surface area contributed by atoms with Crippen LogP contribution in [0.15, 0.2) is 42.0 Å². The number of nitrogens with zero attached hydrogens (tertiary/aromatic N) is 8. The topological polar surface area (TPSA) is 111 Å². The van der Waals surface area contributed by atoms with E-state index < -0.39 is 18.0 Å². The Labute approximate surface area is 166 Å². The molecular formula is C18H19FN8O2. The van der Waals surface area contributed by atoms with Crippen molar-refractivity contribution in [1.29, 1.82) is 0 Å². The highest BCUT2D eigenvalue weighted by Crippen LogP contribution is 2.29. The smallest absolute Gasteiger partial charge is 0.414 e. The van der Waals surface area contributed by atoms with Gasteiger partial charge in [0.2, 0.25) is 0 Å². The van der Waals surface area contributed by atoms with E-state index >= 15 is 0 Å². The summed E-state index contributed by atoms with van der Waals surface area (Å²) in [6, 6.07) is 4.72. The zero-order valence-electron chi connectivity index (χ0n) is 15.6. The van der Waals surface area contributed by atoms with E-state index in [2.05, 4.69) is 24.9 Å². The number of halogens is 1. The summed E-state index contributed by atoms with van der Waals surface area (Å²) >= 11 is 0. The Balaban J connectivity index is 1.42. The molecule has 2 aliphatic rings. The monoisotopic (exact) mass is 398 g/mol. The Bertz CT molecular complexity index is 929. The second-order valence-corrected chi connectivity index (χ2v) is 6.74. The molecule has 1 atom stereocenters. The first-order valence-electron chi connectivity index (χ1n) is 9.19. The SMILES string of the molecule is [N-]=[N+]=NC[C@H]1CN(c2ccc(N3CCN(c4cncnc4)CC3)c(F)c2)C(=O)O1. The molecule has 0 unspecified atom stereocenters. The van der Waals surface area contributed by atoms with E-state index in [0.717, 1.165) is 18.8 Å². The van der Waals surface area contributed by atoms with Gasteiger partial charge < -0.3 is 14.5 Å². The summed E-state index contributed by atoms with van der Waals surface area (Å²) in [6.07, 6.45) is 3.92. The molecule has 2 aromatic rings. The van der Waals surface area contributed by atoms with Crippen molar-refractivity contribution in [2.45, 2.75) is 6.10 Å². The fraction of sp³-hybridized carbons (Fsp3) is 0.389. The van der Waals surface area contributed by atoms with E-state index in [9.17, 15) is 9.18 Å². The lowest BCUT2D eigenvalue weighted by Gasteiger charge is -2.37. The van der Waals surface area contributed by atoms with Gasteiger partial charge in [0.05, 0.1) is 42.5 Å². The van der Waals surface area contributed by atoms with Crippen molar-refractivity contribution in [3.8, 4) is 0 Å². The lowest BCUT2D eigenvalue weighted by atomic mass is 10.2. The van der Waals surface area contributed by atoms with Gasteiger partial charge in [0.1, 0.15) is 18.2 Å². The molecule has 0 saturated carbocycles. The molecule has 0 radical (unpaired) electrons. The van der Waals surface area contributed by atoms with E-state index in [1.54, 1.807) is 24.5 Å². The Morgan fingerprint density at radius 1 is 1.17 bits per heavy atom. The van der Waals surface area contributed by atoms with E-state index in [0.29, 0.717) is 24.5 Å². The minimum absolute atomic E-state index is 0.0516. The van der Waals surface area contributed by atoms with Crippen LogP contribution in [0.3, 0.4) is 0 Å². The van der Waals surface area contributed by atoms with E-state index in [1.165, 1.54) is 17.3 Å². The first kappa shape index (κ1) is 18.8. The minimum Gasteiger partial charge on any atom is -0.444 e. The van der Waals surface area contributed by atoms with Crippen LogP contribution in [0, 0.1) is 5.82 Å². The minimum atomic E-state index is -0.575. The fourth-order valence-electron chi connectivity index (χ4n) is 3.54. The Hall–Kier alpha value is -3.59. The number of carbonyl (C=O) groups excluding carboxylic acids is 1. The fourth-order valence-corrected chi connectivity index (χ4v) is 3.54. The van der Waals surface area contributed by atoms with Crippen molar-refractivity contribution < 1.29 is 13.9 Å². The number of ether oxygens (including phenoxy) is 1. The normalized spacial score (nSPS) is 19.1. The Morgan fingerprint density at radius 3 is 2.59 bits per heavy atom. The summed E-state index contributed by atoms with van der Waals surface area (Å²) in [5.74, 6) is -0.398. The van der Waals surface area contributed by atoms with Gasteiger partial charge in [-0.15, -0.1) is 0 Å². The predicted octanol–water partition coefficient (Wildman–Crippen LogP) is 2.58. The highest BCUT2D eigenvalue weighted by molar-refractivity contribution is 5.90. The third-order valence-corrected chi connectivity index (χ3v) is 5.00. The maximum absolute atomic E-state index is 14.8. The third-order valence-electron chi connectivity index (χ3n) is 5.00. The van der Waals surface area contributed by atoms with Crippen LogP contribution >= 0.6 is 0 Å². The number of aromatic nitrogens is 2. The second kappa shape index (κ2) is 8.19. The van der Waals surface area contributed by atoms with Gasteiger partial charge >= 0.3 is 6.09 Å². The standard InChI is InChI=1S/C18H19FN8O2/c19-16-7-13(27-11-15(10-23-24-20)29-18(27)28)1-2-17(16)26-5-3-25(4-6-26)14-8-21-12-22-9-14/h1-2,7-9,12,15H,3-6,10-11H2/t15-/m0/s1. The van der Waals surface area contributed by atoms with Crippen molar-refractivity contribution >= 4 is 23.2 Å². The molecule has 1 aromatic carbocycles. The first-order chi connectivity index (χ1) is 14.2. The zero-order chi connectivity index (χ0) is 20.2. The number of azide groups is 1. The van der Waals surface area contributed by atoms with Crippen LogP contribution in [0.5, 0.6) is 0 Å². The van der Waals surface area contributed by atoms with Crippen molar-refractivity contribution in [1.82, 2.24) is 9.97 Å². The molecule has 1 aromatic heterocycles. The average Bonchev–Trinajstić information content (AvgIpc) is 3.13. The van der Waals surface area contributed by atoms with Crippen LogP contribution in [-0.4, -0.2) is 61.4 Å². The van der Waals surface area contributed by atoms with Crippen LogP contribution in [0.25, 0.3) is 10.4 Å². The van der Waals surface area contributed by atoms with Gasteiger partial charge in [-0.05, 0) is 23.7 Å². The molecule has 0 N–H and O–H groups in total. The van der Waals surface area contributed by atoms with Crippen LogP contribution in [0.4, 0.5) is 26.2 Å². The summed E-state index contributed by atoms with van der Waals surface area (Å²) in [5, 5.41) is 3.42. The number of piperazine rings is 1. The summed E-state index contributed by atoms with van der Waals surface area (Å²) in [6.45, 7) is 3.04. The summed E-state index contributed by atoms with van der Waals surface area (Å²) in [5.41, 5.74) is 10.3. The number of cyclic esters (lactones) is 1. The molecule has 2 saturated heterocycles. The molecule has 2 aliphatic heterocycles. The molecule has 11 heteroatoms. The van der Waals surface area contributed by atoms with Gasteiger partial charge in [-0.25, -0.2) is 19.2 Å². The van der Waals surface area contributed by atoms with E-state index in [-0.39, 0.29) is 13.1 Å². The van der Waals surface area contributed by atoms with Crippen molar-refractivity contribution in [2.75, 3.05) is 54.0 Å². The number of benzene rings is 1. The largest absolute Gasteiger partial charge is 0.444 e. The quantitative estimate of drug-likeness (QED) is 0.435. The molecule has 4 rings (SSSR count). The predicted molar refractivity (Wildman–Crippen MR) is 104 cm³/mol. The maximum atomic E-state index is 14.8. The van der Waals surface area contributed by atoms with Gasteiger partial charge in [-0.2, -0.15) is 0 Å². The van der Waals surface area contributed by atoms with Crippen molar-refractivity contribution in [3.63, 3.8) is 0 Å². The molecule has 10 nitrogen and oxygen atoms in total. The number of rotatable bonds is 5. The number of anilines is 3. The third kappa shape index (κ3) is 3.99. The van der Waals surface area contributed by atoms with Gasteiger partial charge in [-0.1, -0.05) is 5.11 Å². The van der Waals surface area contributed by atoms with Gasteiger partial charge in [0.25, 0.3) is 0 Å². The lowest BCUT2D eigenvalue weighted by molar-refractivity contribution is 0.145. The summed E-state index contributed by atoms with van der Waals surface area (Å²) in [4.78, 5) is 28.3. The molecule has 0 aliphatic carbocycles. The van der Waals surface area contributed by atoms with Crippen LogP contribution in [-0.2, 0) is 4.74 Å².